The summed E-state index contributed by atoms with van der Waals surface area (Å²) < 4.78 is 10.5. The van der Waals surface area contributed by atoms with Crippen molar-refractivity contribution in [1.29, 1.82) is 0 Å². The van der Waals surface area contributed by atoms with Crippen LogP contribution >= 0.6 is 24.0 Å². The summed E-state index contributed by atoms with van der Waals surface area (Å²) in [5, 5.41) is 5.11. The van der Waals surface area contributed by atoms with Gasteiger partial charge in [0, 0.05) is 17.5 Å². The molecule has 28 heavy (non-hydrogen) atoms. The molecule has 0 fully saturated rings. The molecule has 0 saturated heterocycles. The van der Waals surface area contributed by atoms with Crippen LogP contribution in [-0.4, -0.2) is 31.8 Å². The highest BCUT2D eigenvalue weighted by molar-refractivity contribution is 8.02. The van der Waals surface area contributed by atoms with E-state index in [9.17, 15) is 4.79 Å². The summed E-state index contributed by atoms with van der Waals surface area (Å²) in [7, 11) is 3.21. The van der Waals surface area contributed by atoms with Gasteiger partial charge in [-0.05, 0) is 53.9 Å². The monoisotopic (exact) mass is 417 g/mol. The zero-order chi connectivity index (χ0) is 20.2. The van der Waals surface area contributed by atoms with Gasteiger partial charge in [-0.2, -0.15) is 0 Å². The predicted octanol–water partition coefficient (Wildman–Crippen LogP) is 3.05. The quantitative estimate of drug-likeness (QED) is 0.264. The average molecular weight is 418 g/mol. The van der Waals surface area contributed by atoms with Crippen LogP contribution < -0.4 is 25.6 Å². The summed E-state index contributed by atoms with van der Waals surface area (Å²) >= 11 is 6.62. The Hall–Kier alpha value is -2.71. The first kappa shape index (κ1) is 21.6. The van der Waals surface area contributed by atoms with Gasteiger partial charge in [-0.25, -0.2) is 0 Å². The van der Waals surface area contributed by atoms with Crippen molar-refractivity contribution < 1.29 is 14.3 Å². The van der Waals surface area contributed by atoms with Crippen LogP contribution in [0.25, 0.3) is 0 Å². The number of carbonyl (C=O) groups excluding carboxylic acids is 1. The number of thiocarbonyl (C=S) groups is 1. The van der Waals surface area contributed by atoms with E-state index in [0.717, 1.165) is 16.9 Å². The van der Waals surface area contributed by atoms with E-state index in [4.69, 9.17) is 21.7 Å². The molecule has 0 atom stereocenters. The highest BCUT2D eigenvalue weighted by atomic mass is 32.2. The summed E-state index contributed by atoms with van der Waals surface area (Å²) in [6, 6.07) is 15.6. The molecular formula is C20H23N3O3S2. The number of hydrogen-bond acceptors (Lipinski definition) is 5. The van der Waals surface area contributed by atoms with Crippen molar-refractivity contribution in [2.24, 2.45) is 0 Å². The number of hydrogen-bond donors (Lipinski definition) is 3. The fraction of sp³-hybridized carbons (Fsp3) is 0.200. The lowest BCUT2D eigenvalue weighted by Gasteiger charge is -2.12. The lowest BCUT2D eigenvalue weighted by atomic mass is 10.1. The van der Waals surface area contributed by atoms with Crippen molar-refractivity contribution in [3.05, 3.63) is 65.6 Å². The van der Waals surface area contributed by atoms with Crippen LogP contribution in [0.1, 0.15) is 5.56 Å². The second-order valence-corrected chi connectivity index (χ2v) is 6.93. The third kappa shape index (κ3) is 7.50. The molecule has 0 saturated carbocycles. The third-order valence-corrected chi connectivity index (χ3v) is 4.68. The highest BCUT2D eigenvalue weighted by Crippen LogP contribution is 2.27. The number of methoxy groups -OCH3 is 2. The van der Waals surface area contributed by atoms with Crippen molar-refractivity contribution in [1.82, 2.24) is 16.2 Å². The molecule has 148 valence electrons. The minimum Gasteiger partial charge on any atom is -0.493 e. The van der Waals surface area contributed by atoms with Gasteiger partial charge in [-0.3, -0.25) is 15.6 Å². The van der Waals surface area contributed by atoms with Crippen molar-refractivity contribution in [2.75, 3.05) is 20.8 Å². The molecule has 0 aliphatic carbocycles. The van der Waals surface area contributed by atoms with E-state index >= 15 is 0 Å². The highest BCUT2D eigenvalue weighted by Gasteiger charge is 2.05. The average Bonchev–Trinajstić information content (AvgIpc) is 2.73. The molecule has 2 aromatic rings. The maximum atomic E-state index is 11.8. The Kier molecular flexibility index (Phi) is 9.17. The van der Waals surface area contributed by atoms with Crippen molar-refractivity contribution in [3.63, 3.8) is 0 Å². The van der Waals surface area contributed by atoms with Gasteiger partial charge in [0.25, 0.3) is 5.91 Å². The van der Waals surface area contributed by atoms with Crippen LogP contribution in [0, 0.1) is 0 Å². The summed E-state index contributed by atoms with van der Waals surface area (Å²) in [6.45, 7) is 0.608. The largest absolute Gasteiger partial charge is 0.493 e. The number of carbonyl (C=O) groups is 1. The van der Waals surface area contributed by atoms with Crippen LogP contribution in [0.2, 0.25) is 0 Å². The first-order valence-electron chi connectivity index (χ1n) is 8.55. The SMILES string of the molecule is COc1ccc(CCNC(=S)NNC(=O)/C=C/Sc2ccccc2)cc1OC. The standard InChI is InChI=1S/C20H23N3O3S2/c1-25-17-9-8-15(14-18(17)26-2)10-12-21-20(27)23-22-19(24)11-13-28-16-6-4-3-5-7-16/h3-9,11,13-14H,10,12H2,1-2H3,(H,22,24)(H2,21,23,27)/b13-11+. The maximum absolute atomic E-state index is 11.8. The van der Waals surface area contributed by atoms with Gasteiger partial charge in [0.1, 0.15) is 0 Å². The van der Waals surface area contributed by atoms with E-state index in [0.29, 0.717) is 23.2 Å². The number of benzene rings is 2. The number of amides is 1. The molecule has 0 unspecified atom stereocenters. The molecule has 0 radical (unpaired) electrons. The Balaban J connectivity index is 1.66. The summed E-state index contributed by atoms with van der Waals surface area (Å²) in [5.41, 5.74) is 6.28. The Morgan fingerprint density at radius 2 is 1.82 bits per heavy atom. The molecule has 0 bridgehead atoms. The Labute approximate surface area is 174 Å². The zero-order valence-corrected chi connectivity index (χ0v) is 17.4. The van der Waals surface area contributed by atoms with Crippen LogP contribution in [0.3, 0.4) is 0 Å². The molecule has 2 aromatic carbocycles. The molecule has 6 nitrogen and oxygen atoms in total. The second kappa shape index (κ2) is 11.9. The number of ether oxygens (including phenoxy) is 2. The third-order valence-electron chi connectivity index (χ3n) is 3.61. The van der Waals surface area contributed by atoms with Gasteiger partial charge in [-0.1, -0.05) is 36.0 Å². The van der Waals surface area contributed by atoms with Crippen molar-refractivity contribution in [2.45, 2.75) is 11.3 Å². The summed E-state index contributed by atoms with van der Waals surface area (Å²) in [5.74, 6) is 1.10. The molecule has 2 rings (SSSR count). The summed E-state index contributed by atoms with van der Waals surface area (Å²) in [4.78, 5) is 12.8. The minimum atomic E-state index is -0.285. The first-order chi connectivity index (χ1) is 13.6. The molecular weight excluding hydrogens is 394 g/mol. The lowest BCUT2D eigenvalue weighted by Crippen LogP contribution is -2.46. The fourth-order valence-corrected chi connectivity index (χ4v) is 3.05. The van der Waals surface area contributed by atoms with E-state index in [-0.39, 0.29) is 5.91 Å². The van der Waals surface area contributed by atoms with E-state index in [1.807, 2.05) is 48.5 Å². The van der Waals surface area contributed by atoms with E-state index in [1.165, 1.54) is 17.8 Å². The van der Waals surface area contributed by atoms with Gasteiger partial charge in [0.15, 0.2) is 16.6 Å². The minimum absolute atomic E-state index is 0.285. The molecule has 0 aliphatic rings. The van der Waals surface area contributed by atoms with E-state index in [1.54, 1.807) is 19.6 Å². The number of nitrogens with one attached hydrogen (secondary N) is 3. The van der Waals surface area contributed by atoms with Crippen LogP contribution in [-0.2, 0) is 11.2 Å². The normalized spacial score (nSPS) is 10.4. The van der Waals surface area contributed by atoms with E-state index < -0.39 is 0 Å². The smallest absolute Gasteiger partial charge is 0.262 e. The lowest BCUT2D eigenvalue weighted by molar-refractivity contribution is -0.117. The second-order valence-electron chi connectivity index (χ2n) is 5.54. The molecule has 0 aromatic heterocycles. The van der Waals surface area contributed by atoms with E-state index in [2.05, 4.69) is 16.2 Å². The Morgan fingerprint density at radius 3 is 2.54 bits per heavy atom. The van der Waals surface area contributed by atoms with Crippen LogP contribution in [0.5, 0.6) is 11.5 Å². The van der Waals surface area contributed by atoms with Gasteiger partial charge >= 0.3 is 0 Å². The molecule has 0 spiro atoms. The molecule has 0 heterocycles. The van der Waals surface area contributed by atoms with Crippen LogP contribution in [0.15, 0.2) is 64.9 Å². The first-order valence-corrected chi connectivity index (χ1v) is 9.84. The molecule has 0 aliphatic heterocycles. The molecule has 1 amide bonds. The number of hydrazine groups is 1. The number of rotatable bonds is 8. The molecule has 3 N–H and O–H groups in total. The predicted molar refractivity (Wildman–Crippen MR) is 117 cm³/mol. The van der Waals surface area contributed by atoms with Crippen LogP contribution in [0.4, 0.5) is 0 Å². The molecule has 8 heteroatoms. The van der Waals surface area contributed by atoms with Gasteiger partial charge in [-0.15, -0.1) is 0 Å². The Bertz CT molecular complexity index is 814. The van der Waals surface area contributed by atoms with Gasteiger partial charge < -0.3 is 14.8 Å². The van der Waals surface area contributed by atoms with Gasteiger partial charge in [0.05, 0.1) is 14.2 Å². The van der Waals surface area contributed by atoms with Crippen molar-refractivity contribution >= 4 is 35.0 Å². The van der Waals surface area contributed by atoms with Gasteiger partial charge in [0.2, 0.25) is 0 Å². The number of thioether (sulfide) groups is 1. The topological polar surface area (TPSA) is 71.6 Å². The van der Waals surface area contributed by atoms with Crippen molar-refractivity contribution in [3.8, 4) is 11.5 Å². The fourth-order valence-electron chi connectivity index (χ4n) is 2.23. The summed E-state index contributed by atoms with van der Waals surface area (Å²) in [6.07, 6.45) is 2.18. The zero-order valence-electron chi connectivity index (χ0n) is 15.7. The maximum Gasteiger partial charge on any atom is 0.262 e. The Morgan fingerprint density at radius 1 is 1.07 bits per heavy atom.